The summed E-state index contributed by atoms with van der Waals surface area (Å²) in [6.07, 6.45) is 3.36. The molecule has 1 aliphatic rings. The van der Waals surface area contributed by atoms with Crippen molar-refractivity contribution in [2.24, 2.45) is 5.92 Å². The van der Waals surface area contributed by atoms with E-state index in [1.807, 2.05) is 12.1 Å². The average Bonchev–Trinajstić information content (AvgIpc) is 2.99. The first-order valence-electron chi connectivity index (χ1n) is 8.03. The summed E-state index contributed by atoms with van der Waals surface area (Å²) in [4.78, 5) is 12.5. The Labute approximate surface area is 151 Å². The molecular formula is C17H20Cl2N4O. The first-order valence-corrected chi connectivity index (χ1v) is 8.79. The number of piperidine rings is 1. The molecule has 1 fully saturated rings. The molecule has 0 spiro atoms. The number of nitrogens with one attached hydrogen (secondary N) is 2. The van der Waals surface area contributed by atoms with Crippen LogP contribution >= 0.6 is 23.2 Å². The Morgan fingerprint density at radius 2 is 2.25 bits per heavy atom. The summed E-state index contributed by atoms with van der Waals surface area (Å²) in [6.45, 7) is 3.42. The highest BCUT2D eigenvalue weighted by molar-refractivity contribution is 6.42. The third-order valence-corrected chi connectivity index (χ3v) is 5.17. The van der Waals surface area contributed by atoms with Crippen molar-refractivity contribution >= 4 is 34.9 Å². The lowest BCUT2D eigenvalue weighted by Crippen LogP contribution is -2.40. The van der Waals surface area contributed by atoms with Crippen molar-refractivity contribution < 1.29 is 4.79 Å². The van der Waals surface area contributed by atoms with Crippen LogP contribution in [0.2, 0.25) is 10.0 Å². The summed E-state index contributed by atoms with van der Waals surface area (Å²) in [7, 11) is 0. The number of hydrogen-bond acceptors (Lipinski definition) is 3. The summed E-state index contributed by atoms with van der Waals surface area (Å²) in [5.74, 6) is 0.740. The van der Waals surface area contributed by atoms with Gasteiger partial charge in [0.2, 0.25) is 5.91 Å². The Bertz CT molecular complexity index is 731. The largest absolute Gasteiger partial charge is 0.314 e. The maximum absolute atomic E-state index is 12.5. The standard InChI is InChI=1S/C17H20Cl2N4O/c1-11-9-12(5-7-20-11)17(24)22-15-6-8-21-23(15)10-13-3-2-4-14(18)16(13)19/h2-4,6,8,11-12,20H,5,7,9-10H2,1H3,(H,22,24)/t11-,12-/m0/s1. The third-order valence-electron chi connectivity index (χ3n) is 4.31. The topological polar surface area (TPSA) is 59.0 Å². The second kappa shape index (κ2) is 7.55. The number of nitrogens with zero attached hydrogens (tertiary/aromatic N) is 2. The molecule has 24 heavy (non-hydrogen) atoms. The molecule has 0 saturated carbocycles. The van der Waals surface area contributed by atoms with Gasteiger partial charge in [0.25, 0.3) is 0 Å². The molecule has 2 heterocycles. The summed E-state index contributed by atoms with van der Waals surface area (Å²) in [6, 6.07) is 7.65. The predicted octanol–water partition coefficient (Wildman–Crippen LogP) is 3.56. The van der Waals surface area contributed by atoms with Gasteiger partial charge in [0.15, 0.2) is 0 Å². The Hall–Kier alpha value is -1.56. The van der Waals surface area contributed by atoms with E-state index >= 15 is 0 Å². The highest BCUT2D eigenvalue weighted by atomic mass is 35.5. The van der Waals surface area contributed by atoms with Crippen LogP contribution in [0.5, 0.6) is 0 Å². The van der Waals surface area contributed by atoms with Gasteiger partial charge in [0.05, 0.1) is 22.8 Å². The van der Waals surface area contributed by atoms with Crippen molar-refractivity contribution in [2.75, 3.05) is 11.9 Å². The monoisotopic (exact) mass is 366 g/mol. The molecule has 0 unspecified atom stereocenters. The van der Waals surface area contributed by atoms with Crippen molar-refractivity contribution in [3.63, 3.8) is 0 Å². The van der Waals surface area contributed by atoms with E-state index in [1.165, 1.54) is 0 Å². The average molecular weight is 367 g/mol. The SMILES string of the molecule is C[C@H]1C[C@@H](C(=O)Nc2ccnn2Cc2cccc(Cl)c2Cl)CCN1. The fourth-order valence-electron chi connectivity index (χ4n) is 3.00. The molecule has 2 atom stereocenters. The second-order valence-corrected chi connectivity index (χ2v) is 6.94. The zero-order chi connectivity index (χ0) is 17.1. The van der Waals surface area contributed by atoms with Crippen molar-refractivity contribution in [3.8, 4) is 0 Å². The summed E-state index contributed by atoms with van der Waals surface area (Å²) < 4.78 is 1.72. The minimum absolute atomic E-state index is 0.0272. The lowest BCUT2D eigenvalue weighted by atomic mass is 9.92. The number of carbonyl (C=O) groups is 1. The molecule has 0 radical (unpaired) electrons. The second-order valence-electron chi connectivity index (χ2n) is 6.15. The van der Waals surface area contributed by atoms with E-state index < -0.39 is 0 Å². The van der Waals surface area contributed by atoms with Crippen LogP contribution in [0.3, 0.4) is 0 Å². The van der Waals surface area contributed by atoms with Crippen LogP contribution in [0, 0.1) is 5.92 Å². The Balaban J connectivity index is 1.71. The molecular weight excluding hydrogens is 347 g/mol. The number of anilines is 1. The third kappa shape index (κ3) is 3.91. The molecule has 2 N–H and O–H groups in total. The van der Waals surface area contributed by atoms with Gasteiger partial charge in [-0.25, -0.2) is 4.68 Å². The number of amides is 1. The number of halogens is 2. The van der Waals surface area contributed by atoms with Gasteiger partial charge in [-0.2, -0.15) is 5.10 Å². The van der Waals surface area contributed by atoms with Gasteiger partial charge in [-0.15, -0.1) is 0 Å². The van der Waals surface area contributed by atoms with Gasteiger partial charge < -0.3 is 10.6 Å². The molecule has 1 aromatic carbocycles. The van der Waals surface area contributed by atoms with Crippen molar-refractivity contribution in [3.05, 3.63) is 46.1 Å². The molecule has 1 aliphatic heterocycles. The number of benzene rings is 1. The van der Waals surface area contributed by atoms with E-state index in [4.69, 9.17) is 23.2 Å². The van der Waals surface area contributed by atoms with Crippen molar-refractivity contribution in [2.45, 2.75) is 32.4 Å². The lowest BCUT2D eigenvalue weighted by Gasteiger charge is -2.27. The van der Waals surface area contributed by atoms with Crippen LogP contribution in [-0.4, -0.2) is 28.3 Å². The van der Waals surface area contributed by atoms with Crippen LogP contribution in [0.15, 0.2) is 30.5 Å². The van der Waals surface area contributed by atoms with E-state index in [-0.39, 0.29) is 11.8 Å². The maximum Gasteiger partial charge on any atom is 0.228 e. The van der Waals surface area contributed by atoms with Crippen molar-refractivity contribution in [1.29, 1.82) is 0 Å². The number of hydrogen-bond donors (Lipinski definition) is 2. The van der Waals surface area contributed by atoms with E-state index in [0.29, 0.717) is 28.4 Å². The first-order chi connectivity index (χ1) is 11.5. The molecule has 2 aromatic rings. The van der Waals surface area contributed by atoms with Gasteiger partial charge in [0.1, 0.15) is 5.82 Å². The number of carbonyl (C=O) groups excluding carboxylic acids is 1. The molecule has 1 aromatic heterocycles. The number of aromatic nitrogens is 2. The molecule has 5 nitrogen and oxygen atoms in total. The predicted molar refractivity (Wildman–Crippen MR) is 96.6 cm³/mol. The molecule has 0 aliphatic carbocycles. The van der Waals surface area contributed by atoms with Gasteiger partial charge in [0, 0.05) is 18.0 Å². The summed E-state index contributed by atoms with van der Waals surface area (Å²) in [5.41, 5.74) is 0.860. The zero-order valence-electron chi connectivity index (χ0n) is 13.4. The van der Waals surface area contributed by atoms with E-state index in [9.17, 15) is 4.79 Å². The lowest BCUT2D eigenvalue weighted by molar-refractivity contribution is -0.120. The quantitative estimate of drug-likeness (QED) is 0.869. The normalized spacial score (nSPS) is 20.8. The first kappa shape index (κ1) is 17.3. The highest BCUT2D eigenvalue weighted by Crippen LogP contribution is 2.27. The molecule has 7 heteroatoms. The molecule has 128 valence electrons. The van der Waals surface area contributed by atoms with Crippen molar-refractivity contribution in [1.82, 2.24) is 15.1 Å². The zero-order valence-corrected chi connectivity index (χ0v) is 14.9. The molecule has 1 saturated heterocycles. The van der Waals surface area contributed by atoms with E-state index in [2.05, 4.69) is 22.7 Å². The van der Waals surface area contributed by atoms with E-state index in [1.54, 1.807) is 23.0 Å². The Morgan fingerprint density at radius 1 is 1.42 bits per heavy atom. The molecule has 1 amide bonds. The Morgan fingerprint density at radius 3 is 3.04 bits per heavy atom. The van der Waals surface area contributed by atoms with E-state index in [0.717, 1.165) is 24.9 Å². The van der Waals surface area contributed by atoms with Gasteiger partial charge >= 0.3 is 0 Å². The van der Waals surface area contributed by atoms with Gasteiger partial charge in [-0.05, 0) is 37.9 Å². The summed E-state index contributed by atoms with van der Waals surface area (Å²) in [5, 5.41) is 11.7. The van der Waals surface area contributed by atoms with Crippen LogP contribution in [0.25, 0.3) is 0 Å². The fourth-order valence-corrected chi connectivity index (χ4v) is 3.37. The Kier molecular flexibility index (Phi) is 5.43. The van der Waals surface area contributed by atoms with Gasteiger partial charge in [-0.3, -0.25) is 4.79 Å². The number of rotatable bonds is 4. The minimum Gasteiger partial charge on any atom is -0.314 e. The minimum atomic E-state index is 0.0272. The fraction of sp³-hybridized carbons (Fsp3) is 0.412. The smallest absolute Gasteiger partial charge is 0.228 e. The molecule has 3 rings (SSSR count). The maximum atomic E-state index is 12.5. The van der Waals surface area contributed by atoms with Crippen LogP contribution < -0.4 is 10.6 Å². The highest BCUT2D eigenvalue weighted by Gasteiger charge is 2.25. The van der Waals surface area contributed by atoms with Crippen LogP contribution in [0.4, 0.5) is 5.82 Å². The summed E-state index contributed by atoms with van der Waals surface area (Å²) >= 11 is 12.3. The van der Waals surface area contributed by atoms with Crippen LogP contribution in [-0.2, 0) is 11.3 Å². The molecule has 0 bridgehead atoms. The van der Waals surface area contributed by atoms with Crippen LogP contribution in [0.1, 0.15) is 25.3 Å². The van der Waals surface area contributed by atoms with Gasteiger partial charge in [-0.1, -0.05) is 35.3 Å².